The fraction of sp³-hybridized carbons (Fsp3) is 0.462. The minimum atomic E-state index is -3.53. The number of halogens is 1. The van der Waals surface area contributed by atoms with E-state index in [4.69, 9.17) is 11.6 Å². The topological polar surface area (TPSA) is 66.5 Å². The lowest BCUT2D eigenvalue weighted by Crippen LogP contribution is -2.30. The lowest BCUT2D eigenvalue weighted by atomic mass is 10.4. The first kappa shape index (κ1) is 15.3. The molecule has 0 spiro atoms. The van der Waals surface area contributed by atoms with E-state index < -0.39 is 10.0 Å². The van der Waals surface area contributed by atoms with E-state index in [2.05, 4.69) is 4.72 Å². The molecule has 110 valence electrons. The van der Waals surface area contributed by atoms with Crippen LogP contribution in [0.2, 0.25) is 5.02 Å². The van der Waals surface area contributed by atoms with Crippen molar-refractivity contribution in [2.24, 2.45) is 0 Å². The Morgan fingerprint density at radius 2 is 2.15 bits per heavy atom. The number of carbonyl (C=O) groups excluding carboxylic acids is 1. The number of nitrogens with zero attached hydrogens (tertiary/aromatic N) is 1. The third kappa shape index (κ3) is 3.94. The Balaban J connectivity index is 1.82. The Bertz CT molecular complexity index is 589. The number of benzene rings is 1. The minimum absolute atomic E-state index is 0.155. The lowest BCUT2D eigenvalue weighted by molar-refractivity contribution is -0.127. The molecule has 1 aliphatic heterocycles. The van der Waals surface area contributed by atoms with Gasteiger partial charge in [0, 0.05) is 31.1 Å². The minimum Gasteiger partial charge on any atom is -0.343 e. The molecule has 0 bridgehead atoms. The van der Waals surface area contributed by atoms with Crippen LogP contribution in [0.3, 0.4) is 0 Å². The molecule has 1 aromatic carbocycles. The molecule has 20 heavy (non-hydrogen) atoms. The fourth-order valence-electron chi connectivity index (χ4n) is 2.13. The van der Waals surface area contributed by atoms with Gasteiger partial charge in [-0.05, 0) is 31.0 Å². The maximum absolute atomic E-state index is 12.0. The van der Waals surface area contributed by atoms with Gasteiger partial charge in [-0.3, -0.25) is 4.79 Å². The third-order valence-corrected chi connectivity index (χ3v) is 4.87. The van der Waals surface area contributed by atoms with Crippen molar-refractivity contribution < 1.29 is 13.2 Å². The molecule has 0 saturated carbocycles. The van der Waals surface area contributed by atoms with Crippen molar-refractivity contribution in [1.82, 2.24) is 9.62 Å². The summed E-state index contributed by atoms with van der Waals surface area (Å²) in [5, 5.41) is 0.385. The summed E-state index contributed by atoms with van der Waals surface area (Å²) < 4.78 is 26.5. The van der Waals surface area contributed by atoms with Crippen LogP contribution < -0.4 is 4.72 Å². The third-order valence-electron chi connectivity index (χ3n) is 3.17. The van der Waals surface area contributed by atoms with Gasteiger partial charge >= 0.3 is 0 Å². The van der Waals surface area contributed by atoms with Gasteiger partial charge in [-0.1, -0.05) is 17.7 Å². The number of sulfonamides is 1. The van der Waals surface area contributed by atoms with Crippen LogP contribution in [0.25, 0.3) is 0 Å². The molecule has 7 heteroatoms. The highest BCUT2D eigenvalue weighted by Crippen LogP contribution is 2.15. The fourth-order valence-corrected chi connectivity index (χ4v) is 3.51. The molecule has 1 saturated heterocycles. The monoisotopic (exact) mass is 316 g/mol. The molecule has 0 atom stereocenters. The molecular formula is C13H17ClN2O3S. The van der Waals surface area contributed by atoms with Crippen molar-refractivity contribution in [3.8, 4) is 0 Å². The van der Waals surface area contributed by atoms with Gasteiger partial charge < -0.3 is 4.90 Å². The van der Waals surface area contributed by atoms with Gasteiger partial charge in [-0.15, -0.1) is 0 Å². The average molecular weight is 317 g/mol. The van der Waals surface area contributed by atoms with Crippen LogP contribution in [0.1, 0.15) is 19.3 Å². The first-order valence-electron chi connectivity index (χ1n) is 6.52. The molecule has 0 radical (unpaired) electrons. The number of hydrogen-bond donors (Lipinski definition) is 1. The van der Waals surface area contributed by atoms with Crippen molar-refractivity contribution in [2.75, 3.05) is 19.6 Å². The second kappa shape index (κ2) is 6.56. The number of likely N-dealkylation sites (tertiary alicyclic amines) is 1. The second-order valence-electron chi connectivity index (χ2n) is 4.69. The van der Waals surface area contributed by atoms with Gasteiger partial charge in [-0.2, -0.15) is 0 Å². The molecule has 0 aliphatic carbocycles. The maximum atomic E-state index is 12.0. The molecule has 1 amide bonds. The number of hydrogen-bond acceptors (Lipinski definition) is 3. The highest BCUT2D eigenvalue weighted by molar-refractivity contribution is 7.89. The highest BCUT2D eigenvalue weighted by Gasteiger charge is 2.19. The van der Waals surface area contributed by atoms with Gasteiger partial charge in [0.05, 0.1) is 4.90 Å². The first-order chi connectivity index (χ1) is 9.49. The Kier molecular flexibility index (Phi) is 5.01. The number of amides is 1. The zero-order valence-electron chi connectivity index (χ0n) is 11.0. The number of nitrogens with one attached hydrogen (secondary N) is 1. The van der Waals surface area contributed by atoms with Crippen molar-refractivity contribution >= 4 is 27.5 Å². The molecule has 5 nitrogen and oxygen atoms in total. The zero-order chi connectivity index (χ0) is 14.6. The Labute approximate surface area is 124 Å². The summed E-state index contributed by atoms with van der Waals surface area (Å²) in [5.41, 5.74) is 0. The molecule has 2 rings (SSSR count). The van der Waals surface area contributed by atoms with Gasteiger partial charge in [-0.25, -0.2) is 13.1 Å². The van der Waals surface area contributed by atoms with Crippen molar-refractivity contribution in [2.45, 2.75) is 24.2 Å². The van der Waals surface area contributed by atoms with E-state index >= 15 is 0 Å². The SMILES string of the molecule is O=C1CCCN1CCCNS(=O)(=O)c1cccc(Cl)c1. The summed E-state index contributed by atoms with van der Waals surface area (Å²) in [6.45, 7) is 1.68. The Morgan fingerprint density at radius 3 is 2.80 bits per heavy atom. The quantitative estimate of drug-likeness (QED) is 0.811. The van der Waals surface area contributed by atoms with Crippen LogP contribution >= 0.6 is 11.6 Å². The van der Waals surface area contributed by atoms with Crippen LogP contribution in [0.5, 0.6) is 0 Å². The summed E-state index contributed by atoms with van der Waals surface area (Å²) in [6, 6.07) is 6.13. The number of carbonyl (C=O) groups is 1. The van der Waals surface area contributed by atoms with E-state index in [0.29, 0.717) is 31.0 Å². The van der Waals surface area contributed by atoms with E-state index in [1.165, 1.54) is 12.1 Å². The van der Waals surface area contributed by atoms with E-state index in [1.807, 2.05) is 0 Å². The lowest BCUT2D eigenvalue weighted by Gasteiger charge is -2.15. The predicted octanol–water partition coefficient (Wildman–Crippen LogP) is 1.63. The van der Waals surface area contributed by atoms with Crippen LogP contribution in [0.4, 0.5) is 0 Å². The second-order valence-corrected chi connectivity index (χ2v) is 6.90. The molecule has 0 unspecified atom stereocenters. The molecule has 1 heterocycles. The van der Waals surface area contributed by atoms with Crippen LogP contribution in [0, 0.1) is 0 Å². The summed E-state index contributed by atoms with van der Waals surface area (Å²) in [5.74, 6) is 0.155. The van der Waals surface area contributed by atoms with Crippen LogP contribution in [-0.2, 0) is 14.8 Å². The van der Waals surface area contributed by atoms with Crippen molar-refractivity contribution in [3.63, 3.8) is 0 Å². The summed E-state index contributed by atoms with van der Waals surface area (Å²) in [4.78, 5) is 13.3. The van der Waals surface area contributed by atoms with Gasteiger partial charge in [0.1, 0.15) is 0 Å². The van der Waals surface area contributed by atoms with Crippen LogP contribution in [-0.4, -0.2) is 38.9 Å². The Morgan fingerprint density at radius 1 is 1.35 bits per heavy atom. The summed E-state index contributed by atoms with van der Waals surface area (Å²) in [7, 11) is -3.53. The van der Waals surface area contributed by atoms with Gasteiger partial charge in [0.15, 0.2) is 0 Å². The highest BCUT2D eigenvalue weighted by atomic mass is 35.5. The summed E-state index contributed by atoms with van der Waals surface area (Å²) >= 11 is 5.78. The standard InChI is InChI=1S/C13H17ClN2O3S/c14-11-4-1-5-12(10-11)20(18,19)15-7-3-9-16-8-2-6-13(16)17/h1,4-5,10,15H,2-3,6-9H2. The molecule has 1 N–H and O–H groups in total. The zero-order valence-corrected chi connectivity index (χ0v) is 12.6. The largest absolute Gasteiger partial charge is 0.343 e. The normalized spacial score (nSPS) is 15.8. The van der Waals surface area contributed by atoms with E-state index in [1.54, 1.807) is 17.0 Å². The van der Waals surface area contributed by atoms with Crippen molar-refractivity contribution in [3.05, 3.63) is 29.3 Å². The molecule has 1 aromatic rings. The predicted molar refractivity (Wildman–Crippen MR) is 77.1 cm³/mol. The van der Waals surface area contributed by atoms with Gasteiger partial charge in [0.25, 0.3) is 0 Å². The Hall–Kier alpha value is -1.11. The van der Waals surface area contributed by atoms with E-state index in [-0.39, 0.29) is 10.8 Å². The maximum Gasteiger partial charge on any atom is 0.240 e. The molecule has 0 aromatic heterocycles. The molecular weight excluding hydrogens is 300 g/mol. The first-order valence-corrected chi connectivity index (χ1v) is 8.38. The smallest absolute Gasteiger partial charge is 0.240 e. The number of rotatable bonds is 6. The molecule has 1 fully saturated rings. The summed E-state index contributed by atoms with van der Waals surface area (Å²) in [6.07, 6.45) is 2.10. The van der Waals surface area contributed by atoms with Crippen molar-refractivity contribution in [1.29, 1.82) is 0 Å². The van der Waals surface area contributed by atoms with Crippen LogP contribution in [0.15, 0.2) is 29.2 Å². The van der Waals surface area contributed by atoms with E-state index in [9.17, 15) is 13.2 Å². The average Bonchev–Trinajstić information content (AvgIpc) is 2.80. The van der Waals surface area contributed by atoms with E-state index in [0.717, 1.165) is 13.0 Å². The van der Waals surface area contributed by atoms with Gasteiger partial charge in [0.2, 0.25) is 15.9 Å². The molecule has 1 aliphatic rings.